The number of likely N-dealkylation sites (tertiary alicyclic amines) is 1. The van der Waals surface area contributed by atoms with Crippen molar-refractivity contribution >= 4 is 17.2 Å². The zero-order valence-corrected chi connectivity index (χ0v) is 13.8. The number of rotatable bonds is 3. The molecule has 1 amide bonds. The van der Waals surface area contributed by atoms with Gasteiger partial charge in [-0.1, -0.05) is 0 Å². The van der Waals surface area contributed by atoms with Crippen LogP contribution in [-0.4, -0.2) is 70.8 Å². The molecule has 3 heterocycles. The molecule has 0 radical (unpaired) electrons. The fourth-order valence-electron chi connectivity index (χ4n) is 3.44. The highest BCUT2D eigenvalue weighted by Gasteiger charge is 2.41. The first-order valence-corrected chi connectivity index (χ1v) is 8.64. The molecule has 0 saturated carbocycles. The summed E-state index contributed by atoms with van der Waals surface area (Å²) in [6.45, 7) is 6.00. The summed E-state index contributed by atoms with van der Waals surface area (Å²) in [5.74, 6) is -0.199. The van der Waals surface area contributed by atoms with Gasteiger partial charge in [-0.2, -0.15) is 0 Å². The van der Waals surface area contributed by atoms with E-state index in [1.54, 1.807) is 16.2 Å². The Morgan fingerprint density at radius 2 is 2.36 bits per heavy atom. The number of thiazole rings is 1. The van der Waals surface area contributed by atoms with Crippen LogP contribution in [0.15, 0.2) is 5.38 Å². The number of nitrogens with zero attached hydrogens (tertiary/aromatic N) is 3. The number of morpholine rings is 1. The van der Waals surface area contributed by atoms with E-state index < -0.39 is 6.61 Å². The molecule has 1 unspecified atom stereocenters. The average Bonchev–Trinajstić information content (AvgIpc) is 2.91. The summed E-state index contributed by atoms with van der Waals surface area (Å²) in [6, 6.07) is 0. The summed E-state index contributed by atoms with van der Waals surface area (Å²) in [5, 5.41) is 12.3. The Bertz CT molecular complexity index is 532. The van der Waals surface area contributed by atoms with Crippen molar-refractivity contribution in [1.29, 1.82) is 0 Å². The van der Waals surface area contributed by atoms with Crippen LogP contribution < -0.4 is 0 Å². The van der Waals surface area contributed by atoms with Gasteiger partial charge in [0.2, 0.25) is 5.91 Å². The SMILES string of the molecule is Cc1nc(CN2CCCC3(C2)CN(C(=O)CO)CCO3)cs1. The molecular weight excluding hydrogens is 302 g/mol. The minimum Gasteiger partial charge on any atom is -0.387 e. The van der Waals surface area contributed by atoms with Crippen molar-refractivity contribution in [1.82, 2.24) is 14.8 Å². The molecule has 0 bridgehead atoms. The number of hydrogen-bond acceptors (Lipinski definition) is 6. The molecule has 3 rings (SSSR count). The highest BCUT2D eigenvalue weighted by molar-refractivity contribution is 7.09. The van der Waals surface area contributed by atoms with Crippen molar-refractivity contribution in [2.45, 2.75) is 31.9 Å². The molecule has 22 heavy (non-hydrogen) atoms. The molecule has 1 aromatic rings. The predicted octanol–water partition coefficient (Wildman–Crippen LogP) is 0.637. The molecule has 2 aliphatic heterocycles. The highest BCUT2D eigenvalue weighted by Crippen LogP contribution is 2.30. The third-order valence-electron chi connectivity index (χ3n) is 4.41. The number of hydrogen-bond donors (Lipinski definition) is 1. The van der Waals surface area contributed by atoms with Crippen LogP contribution in [0.2, 0.25) is 0 Å². The fourth-order valence-corrected chi connectivity index (χ4v) is 4.04. The van der Waals surface area contributed by atoms with Gasteiger partial charge in [-0.3, -0.25) is 9.69 Å². The van der Waals surface area contributed by atoms with Crippen LogP contribution in [0.1, 0.15) is 23.5 Å². The number of aromatic nitrogens is 1. The lowest BCUT2D eigenvalue weighted by Gasteiger charge is -2.47. The maximum absolute atomic E-state index is 11.8. The van der Waals surface area contributed by atoms with Crippen molar-refractivity contribution in [3.8, 4) is 0 Å². The summed E-state index contributed by atoms with van der Waals surface area (Å²) in [4.78, 5) is 20.4. The van der Waals surface area contributed by atoms with Crippen LogP contribution in [0, 0.1) is 6.92 Å². The number of aryl methyl sites for hydroxylation is 1. The van der Waals surface area contributed by atoms with E-state index in [2.05, 4.69) is 15.3 Å². The maximum atomic E-state index is 11.8. The van der Waals surface area contributed by atoms with Crippen molar-refractivity contribution in [3.05, 3.63) is 16.1 Å². The van der Waals surface area contributed by atoms with Gasteiger partial charge in [-0.15, -0.1) is 11.3 Å². The van der Waals surface area contributed by atoms with Gasteiger partial charge < -0.3 is 14.7 Å². The second kappa shape index (κ2) is 6.62. The largest absolute Gasteiger partial charge is 0.387 e. The lowest BCUT2D eigenvalue weighted by molar-refractivity contribution is -0.163. The van der Waals surface area contributed by atoms with Crippen LogP contribution in [0.25, 0.3) is 0 Å². The summed E-state index contributed by atoms with van der Waals surface area (Å²) in [5.41, 5.74) is 0.825. The summed E-state index contributed by atoms with van der Waals surface area (Å²) < 4.78 is 6.07. The molecular formula is C15H23N3O3S. The summed E-state index contributed by atoms with van der Waals surface area (Å²) >= 11 is 1.68. The second-order valence-corrected chi connectivity index (χ2v) is 7.24. The van der Waals surface area contributed by atoms with Crippen LogP contribution >= 0.6 is 11.3 Å². The Kier molecular flexibility index (Phi) is 4.77. The number of aliphatic hydroxyl groups is 1. The molecule has 2 fully saturated rings. The van der Waals surface area contributed by atoms with E-state index >= 15 is 0 Å². The Labute approximate surface area is 134 Å². The first kappa shape index (κ1) is 15.9. The van der Waals surface area contributed by atoms with E-state index in [0.717, 1.165) is 43.2 Å². The van der Waals surface area contributed by atoms with E-state index in [9.17, 15) is 4.79 Å². The molecule has 0 aromatic carbocycles. The standard InChI is InChI=1S/C15H23N3O3S/c1-12-16-13(9-22-12)7-17-4-2-3-15(10-17)11-18(5-6-21-15)14(20)8-19/h9,19H,2-8,10-11H2,1H3. The average molecular weight is 325 g/mol. The number of piperidine rings is 1. The monoisotopic (exact) mass is 325 g/mol. The van der Waals surface area contributed by atoms with Gasteiger partial charge in [0.15, 0.2) is 0 Å². The second-order valence-electron chi connectivity index (χ2n) is 6.18. The predicted molar refractivity (Wildman–Crippen MR) is 83.7 cm³/mol. The van der Waals surface area contributed by atoms with Crippen LogP contribution in [0.3, 0.4) is 0 Å². The zero-order valence-electron chi connectivity index (χ0n) is 13.0. The molecule has 1 aromatic heterocycles. The lowest BCUT2D eigenvalue weighted by atomic mass is 9.90. The molecule has 7 heteroatoms. The third-order valence-corrected chi connectivity index (χ3v) is 5.23. The minimum atomic E-state index is -0.419. The molecule has 1 atom stereocenters. The number of ether oxygens (including phenoxy) is 1. The summed E-state index contributed by atoms with van der Waals surface area (Å²) in [7, 11) is 0. The van der Waals surface area contributed by atoms with Gasteiger partial charge >= 0.3 is 0 Å². The molecule has 2 saturated heterocycles. The van der Waals surface area contributed by atoms with Gasteiger partial charge in [0.05, 0.1) is 29.5 Å². The first-order chi connectivity index (χ1) is 10.6. The molecule has 1 spiro atoms. The molecule has 1 N–H and O–H groups in total. The minimum absolute atomic E-state index is 0.199. The van der Waals surface area contributed by atoms with Crippen LogP contribution in [-0.2, 0) is 16.1 Å². The number of amides is 1. The van der Waals surface area contributed by atoms with Crippen LogP contribution in [0.5, 0.6) is 0 Å². The summed E-state index contributed by atoms with van der Waals surface area (Å²) in [6.07, 6.45) is 2.03. The Hall–Kier alpha value is -1.02. The van der Waals surface area contributed by atoms with Crippen molar-refractivity contribution < 1.29 is 14.6 Å². The normalized spacial score (nSPS) is 26.5. The smallest absolute Gasteiger partial charge is 0.248 e. The van der Waals surface area contributed by atoms with E-state index in [-0.39, 0.29) is 11.5 Å². The van der Waals surface area contributed by atoms with E-state index in [0.29, 0.717) is 19.7 Å². The van der Waals surface area contributed by atoms with Gasteiger partial charge in [0.1, 0.15) is 6.61 Å². The number of carbonyl (C=O) groups excluding carboxylic acids is 1. The van der Waals surface area contributed by atoms with Crippen LogP contribution in [0.4, 0.5) is 0 Å². The third kappa shape index (κ3) is 3.48. The van der Waals surface area contributed by atoms with Gasteiger partial charge in [0, 0.05) is 25.0 Å². The molecule has 0 aliphatic carbocycles. The lowest BCUT2D eigenvalue weighted by Crippen LogP contribution is -2.60. The quantitative estimate of drug-likeness (QED) is 0.883. The number of carbonyl (C=O) groups is 1. The Balaban J connectivity index is 1.65. The highest BCUT2D eigenvalue weighted by atomic mass is 32.1. The topological polar surface area (TPSA) is 65.9 Å². The van der Waals surface area contributed by atoms with Gasteiger partial charge in [0.25, 0.3) is 0 Å². The molecule has 122 valence electrons. The van der Waals surface area contributed by atoms with Gasteiger partial charge in [-0.25, -0.2) is 4.98 Å². The van der Waals surface area contributed by atoms with Gasteiger partial charge in [-0.05, 0) is 26.3 Å². The van der Waals surface area contributed by atoms with Crippen molar-refractivity contribution in [3.63, 3.8) is 0 Å². The van der Waals surface area contributed by atoms with Crippen molar-refractivity contribution in [2.24, 2.45) is 0 Å². The van der Waals surface area contributed by atoms with E-state index in [1.165, 1.54) is 0 Å². The maximum Gasteiger partial charge on any atom is 0.248 e. The molecule has 2 aliphatic rings. The van der Waals surface area contributed by atoms with Crippen molar-refractivity contribution in [2.75, 3.05) is 39.4 Å². The Morgan fingerprint density at radius 1 is 1.50 bits per heavy atom. The fraction of sp³-hybridized carbons (Fsp3) is 0.733. The zero-order chi connectivity index (χ0) is 15.6. The molecule has 6 nitrogen and oxygen atoms in total. The van der Waals surface area contributed by atoms with E-state index in [4.69, 9.17) is 9.84 Å². The van der Waals surface area contributed by atoms with E-state index in [1.807, 2.05) is 6.92 Å². The number of aliphatic hydroxyl groups excluding tert-OH is 1. The Morgan fingerprint density at radius 3 is 3.09 bits per heavy atom. The first-order valence-electron chi connectivity index (χ1n) is 7.76.